The molecule has 0 bridgehead atoms. The summed E-state index contributed by atoms with van der Waals surface area (Å²) in [5.41, 5.74) is 0. The molecule has 0 aromatic carbocycles. The highest BCUT2D eigenvalue weighted by atomic mass is 16.3. The highest BCUT2D eigenvalue weighted by molar-refractivity contribution is 4.84. The van der Waals surface area contributed by atoms with E-state index < -0.39 is 0 Å². The zero-order valence-electron chi connectivity index (χ0n) is 14.1. The van der Waals surface area contributed by atoms with Gasteiger partial charge in [-0.2, -0.15) is 0 Å². The quantitative estimate of drug-likeness (QED) is 0.277. The smallest absolute Gasteiger partial charge is 0.0602 e. The Kier molecular flexibility index (Phi) is 14.9. The molecule has 0 radical (unpaired) electrons. The lowest BCUT2D eigenvalue weighted by Gasteiger charge is -2.19. The fourth-order valence-electron chi connectivity index (χ4n) is 2.80. The van der Waals surface area contributed by atoms with Gasteiger partial charge in [-0.05, 0) is 12.8 Å². The van der Waals surface area contributed by atoms with Crippen LogP contribution in [0.4, 0.5) is 0 Å². The Labute approximate surface area is 127 Å². The van der Waals surface area contributed by atoms with E-state index in [9.17, 15) is 5.11 Å². The number of aliphatic hydroxyl groups excluding tert-OH is 1. The van der Waals surface area contributed by atoms with Crippen molar-refractivity contribution >= 4 is 0 Å². The van der Waals surface area contributed by atoms with Crippen LogP contribution in [0.25, 0.3) is 0 Å². The van der Waals surface area contributed by atoms with Crippen LogP contribution < -0.4 is 0 Å². The predicted octanol–water partition coefficient (Wildman–Crippen LogP) is 6.26. The minimum Gasteiger partial charge on any atom is -0.393 e. The summed E-state index contributed by atoms with van der Waals surface area (Å²) < 4.78 is 0. The summed E-state index contributed by atoms with van der Waals surface area (Å²) in [5, 5.41) is 10.2. The fourth-order valence-corrected chi connectivity index (χ4v) is 2.80. The average molecular weight is 283 g/mol. The van der Waals surface area contributed by atoms with Crippen LogP contribution in [-0.4, -0.2) is 11.2 Å². The van der Waals surface area contributed by atoms with Crippen LogP contribution >= 0.6 is 0 Å². The Morgan fingerprint density at radius 1 is 0.750 bits per heavy atom. The van der Waals surface area contributed by atoms with Crippen LogP contribution in [0.15, 0.2) is 12.7 Å². The van der Waals surface area contributed by atoms with E-state index in [4.69, 9.17) is 0 Å². The zero-order valence-corrected chi connectivity index (χ0v) is 14.1. The van der Waals surface area contributed by atoms with Crippen LogP contribution in [0.2, 0.25) is 0 Å². The summed E-state index contributed by atoms with van der Waals surface area (Å²) >= 11 is 0. The number of rotatable bonds is 15. The monoisotopic (exact) mass is 282 g/mol. The van der Waals surface area contributed by atoms with Gasteiger partial charge in [-0.1, -0.05) is 90.6 Å². The van der Waals surface area contributed by atoms with Gasteiger partial charge >= 0.3 is 0 Å². The first-order valence-corrected chi connectivity index (χ1v) is 9.06. The summed E-state index contributed by atoms with van der Waals surface area (Å²) in [6.07, 6.45) is 18.2. The Bertz CT molecular complexity index is 200. The molecule has 120 valence electrons. The molecule has 2 atom stereocenters. The van der Waals surface area contributed by atoms with Gasteiger partial charge in [0.1, 0.15) is 0 Å². The first-order chi connectivity index (χ1) is 9.76. The van der Waals surface area contributed by atoms with Crippen LogP contribution in [0, 0.1) is 5.92 Å². The number of hydrogen-bond donors (Lipinski definition) is 1. The van der Waals surface area contributed by atoms with E-state index in [-0.39, 0.29) is 6.10 Å². The van der Waals surface area contributed by atoms with Crippen molar-refractivity contribution in [2.45, 2.75) is 103 Å². The standard InChI is InChI=1S/C19H38O/c1-4-7-9-11-13-14-16-18(6-3)19(20)17-15-12-10-8-5-2/h6,18-20H,3-5,7-17H2,1-2H3. The lowest BCUT2D eigenvalue weighted by molar-refractivity contribution is 0.112. The number of unbranched alkanes of at least 4 members (excludes halogenated alkanes) is 9. The fraction of sp³-hybridized carbons (Fsp3) is 0.895. The molecule has 1 N–H and O–H groups in total. The molecular weight excluding hydrogens is 244 g/mol. The molecule has 0 aliphatic heterocycles. The summed E-state index contributed by atoms with van der Waals surface area (Å²) in [7, 11) is 0. The van der Waals surface area contributed by atoms with E-state index in [1.807, 2.05) is 6.08 Å². The molecule has 0 rings (SSSR count). The Morgan fingerprint density at radius 3 is 1.70 bits per heavy atom. The molecule has 0 fully saturated rings. The third kappa shape index (κ3) is 11.5. The molecule has 0 saturated carbocycles. The van der Waals surface area contributed by atoms with Crippen molar-refractivity contribution in [3.05, 3.63) is 12.7 Å². The minimum atomic E-state index is -0.162. The van der Waals surface area contributed by atoms with Crippen molar-refractivity contribution < 1.29 is 5.11 Å². The zero-order chi connectivity index (χ0) is 15.1. The number of aliphatic hydroxyl groups is 1. The van der Waals surface area contributed by atoms with Gasteiger partial charge in [0.2, 0.25) is 0 Å². The highest BCUT2D eigenvalue weighted by Crippen LogP contribution is 2.20. The van der Waals surface area contributed by atoms with Gasteiger partial charge in [-0.3, -0.25) is 0 Å². The molecule has 0 spiro atoms. The molecule has 1 heteroatoms. The predicted molar refractivity (Wildman–Crippen MR) is 91.1 cm³/mol. The summed E-state index contributed by atoms with van der Waals surface area (Å²) in [6, 6.07) is 0. The lowest BCUT2D eigenvalue weighted by Crippen LogP contribution is -2.18. The molecule has 0 aliphatic carbocycles. The van der Waals surface area contributed by atoms with Gasteiger partial charge in [0.25, 0.3) is 0 Å². The van der Waals surface area contributed by atoms with E-state index in [0.29, 0.717) is 5.92 Å². The van der Waals surface area contributed by atoms with Crippen LogP contribution in [0.3, 0.4) is 0 Å². The lowest BCUT2D eigenvalue weighted by atomic mass is 9.91. The van der Waals surface area contributed by atoms with Gasteiger partial charge in [-0.25, -0.2) is 0 Å². The maximum atomic E-state index is 10.2. The third-order valence-electron chi connectivity index (χ3n) is 4.29. The van der Waals surface area contributed by atoms with Gasteiger partial charge in [0.05, 0.1) is 6.10 Å². The molecule has 0 aromatic heterocycles. The van der Waals surface area contributed by atoms with Crippen molar-refractivity contribution in [3.63, 3.8) is 0 Å². The average Bonchev–Trinajstić information content (AvgIpc) is 2.46. The molecule has 0 aliphatic rings. The summed E-state index contributed by atoms with van der Waals surface area (Å²) in [6.45, 7) is 8.40. The van der Waals surface area contributed by atoms with E-state index in [1.165, 1.54) is 70.6 Å². The van der Waals surface area contributed by atoms with E-state index in [2.05, 4.69) is 20.4 Å². The first-order valence-electron chi connectivity index (χ1n) is 9.06. The van der Waals surface area contributed by atoms with Gasteiger partial charge in [0, 0.05) is 5.92 Å². The molecule has 0 heterocycles. The second-order valence-electron chi connectivity index (χ2n) is 6.23. The molecule has 1 nitrogen and oxygen atoms in total. The molecule has 0 saturated heterocycles. The maximum Gasteiger partial charge on any atom is 0.0602 e. The largest absolute Gasteiger partial charge is 0.393 e. The Hall–Kier alpha value is -0.300. The van der Waals surface area contributed by atoms with E-state index in [0.717, 1.165) is 12.8 Å². The van der Waals surface area contributed by atoms with Crippen molar-refractivity contribution in [2.75, 3.05) is 0 Å². The molecule has 0 amide bonds. The molecular formula is C19H38O. The van der Waals surface area contributed by atoms with Gasteiger partial charge < -0.3 is 5.11 Å². The molecule has 0 aromatic rings. The van der Waals surface area contributed by atoms with E-state index >= 15 is 0 Å². The summed E-state index contributed by atoms with van der Waals surface area (Å²) in [5.74, 6) is 0.312. The van der Waals surface area contributed by atoms with Crippen molar-refractivity contribution in [2.24, 2.45) is 5.92 Å². The van der Waals surface area contributed by atoms with E-state index in [1.54, 1.807) is 0 Å². The second kappa shape index (κ2) is 15.1. The third-order valence-corrected chi connectivity index (χ3v) is 4.29. The highest BCUT2D eigenvalue weighted by Gasteiger charge is 2.14. The Morgan fingerprint density at radius 2 is 1.20 bits per heavy atom. The van der Waals surface area contributed by atoms with Gasteiger partial charge in [0.15, 0.2) is 0 Å². The van der Waals surface area contributed by atoms with Crippen molar-refractivity contribution in [1.29, 1.82) is 0 Å². The summed E-state index contributed by atoms with van der Waals surface area (Å²) in [4.78, 5) is 0. The number of hydrogen-bond acceptors (Lipinski definition) is 1. The topological polar surface area (TPSA) is 20.2 Å². The Balaban J connectivity index is 3.58. The van der Waals surface area contributed by atoms with Crippen LogP contribution in [0.5, 0.6) is 0 Å². The normalized spacial score (nSPS) is 14.2. The molecule has 2 unspecified atom stereocenters. The first kappa shape index (κ1) is 19.7. The van der Waals surface area contributed by atoms with Crippen molar-refractivity contribution in [3.8, 4) is 0 Å². The van der Waals surface area contributed by atoms with Crippen molar-refractivity contribution in [1.82, 2.24) is 0 Å². The van der Waals surface area contributed by atoms with Crippen LogP contribution in [-0.2, 0) is 0 Å². The molecule has 20 heavy (non-hydrogen) atoms. The van der Waals surface area contributed by atoms with Gasteiger partial charge in [-0.15, -0.1) is 6.58 Å². The maximum absolute atomic E-state index is 10.2. The SMILES string of the molecule is C=CC(CCCCCCCC)C(O)CCCCCCC. The minimum absolute atomic E-state index is 0.162. The second-order valence-corrected chi connectivity index (χ2v) is 6.23. The van der Waals surface area contributed by atoms with Crippen LogP contribution in [0.1, 0.15) is 97.3 Å².